The monoisotopic (exact) mass is 338 g/mol. The molecule has 6 heteroatoms. The second kappa shape index (κ2) is 9.63. The zero-order valence-corrected chi connectivity index (χ0v) is 14.1. The second-order valence-corrected chi connectivity index (χ2v) is 6.49. The predicted molar refractivity (Wildman–Crippen MR) is 89.6 cm³/mol. The molecule has 0 bridgehead atoms. The van der Waals surface area contributed by atoms with Crippen LogP contribution in [0.4, 0.5) is 0 Å². The van der Waals surface area contributed by atoms with Crippen LogP contribution in [0.25, 0.3) is 0 Å². The van der Waals surface area contributed by atoms with Crippen molar-refractivity contribution in [1.29, 1.82) is 0 Å². The van der Waals surface area contributed by atoms with Gasteiger partial charge in [0, 0.05) is 24.0 Å². The second-order valence-electron chi connectivity index (χ2n) is 4.21. The Kier molecular flexibility index (Phi) is 7.45. The minimum absolute atomic E-state index is 0.263. The topological polar surface area (TPSA) is 36.9 Å². The molecule has 0 aromatic heterocycles. The number of ether oxygens (including phenoxy) is 4. The summed E-state index contributed by atoms with van der Waals surface area (Å²) in [5.74, 6) is 1.60. The van der Waals surface area contributed by atoms with Crippen LogP contribution in [-0.4, -0.2) is 27.8 Å². The Morgan fingerprint density at radius 2 is 1.00 bits per heavy atom. The van der Waals surface area contributed by atoms with Gasteiger partial charge in [-0.2, -0.15) is 0 Å². The standard InChI is InChI=1S/C16H18O4S2/c1-17-11-19-13-3-7-15(8-4-13)21-22-16-9-5-14(6-10-16)20-12-18-2/h3-10H,11-12H2,1-2H3. The van der Waals surface area contributed by atoms with E-state index in [9.17, 15) is 0 Å². The molecule has 0 unspecified atom stereocenters. The summed E-state index contributed by atoms with van der Waals surface area (Å²) in [6, 6.07) is 15.8. The maximum absolute atomic E-state index is 5.36. The van der Waals surface area contributed by atoms with Crippen LogP contribution in [0.3, 0.4) is 0 Å². The van der Waals surface area contributed by atoms with Gasteiger partial charge < -0.3 is 18.9 Å². The van der Waals surface area contributed by atoms with E-state index < -0.39 is 0 Å². The molecule has 4 nitrogen and oxygen atoms in total. The Morgan fingerprint density at radius 3 is 1.32 bits per heavy atom. The molecule has 0 saturated carbocycles. The van der Waals surface area contributed by atoms with E-state index in [0.717, 1.165) is 21.3 Å². The van der Waals surface area contributed by atoms with Crippen molar-refractivity contribution in [2.45, 2.75) is 9.79 Å². The molecule has 0 fully saturated rings. The number of benzene rings is 2. The van der Waals surface area contributed by atoms with Crippen LogP contribution in [0.5, 0.6) is 11.5 Å². The Hall–Kier alpha value is -1.34. The first-order valence-electron chi connectivity index (χ1n) is 6.60. The summed E-state index contributed by atoms with van der Waals surface area (Å²) < 4.78 is 20.4. The normalized spacial score (nSPS) is 10.5. The van der Waals surface area contributed by atoms with E-state index in [4.69, 9.17) is 18.9 Å². The van der Waals surface area contributed by atoms with Crippen LogP contribution in [0.15, 0.2) is 58.3 Å². The summed E-state index contributed by atoms with van der Waals surface area (Å²) in [7, 11) is 6.60. The molecule has 0 aliphatic rings. The lowest BCUT2D eigenvalue weighted by molar-refractivity contribution is 0.0509. The summed E-state index contributed by atoms with van der Waals surface area (Å²) in [5.41, 5.74) is 0. The lowest BCUT2D eigenvalue weighted by Crippen LogP contribution is -1.98. The van der Waals surface area contributed by atoms with Crippen molar-refractivity contribution in [1.82, 2.24) is 0 Å². The molecule has 2 aromatic rings. The van der Waals surface area contributed by atoms with Crippen molar-refractivity contribution in [2.75, 3.05) is 27.8 Å². The Bertz CT molecular complexity index is 492. The van der Waals surface area contributed by atoms with Gasteiger partial charge in [0.25, 0.3) is 0 Å². The molecule has 2 aromatic carbocycles. The van der Waals surface area contributed by atoms with E-state index >= 15 is 0 Å². The molecule has 0 aliphatic heterocycles. The molecule has 22 heavy (non-hydrogen) atoms. The fourth-order valence-corrected chi connectivity index (χ4v) is 3.46. The average Bonchev–Trinajstić information content (AvgIpc) is 2.58. The number of rotatable bonds is 9. The van der Waals surface area contributed by atoms with Gasteiger partial charge in [0.05, 0.1) is 0 Å². The smallest absolute Gasteiger partial charge is 0.188 e. The molecular formula is C16H18O4S2. The third-order valence-corrected chi connectivity index (χ3v) is 4.99. The third-order valence-electron chi connectivity index (χ3n) is 2.57. The molecule has 0 amide bonds. The Labute approximate surface area is 138 Å². The van der Waals surface area contributed by atoms with E-state index in [1.54, 1.807) is 35.8 Å². The first-order valence-corrected chi connectivity index (χ1v) is 8.75. The molecule has 118 valence electrons. The van der Waals surface area contributed by atoms with Gasteiger partial charge in [-0.25, -0.2) is 0 Å². The number of methoxy groups -OCH3 is 2. The summed E-state index contributed by atoms with van der Waals surface area (Å²) in [6.07, 6.45) is 0. The van der Waals surface area contributed by atoms with Gasteiger partial charge in [0.15, 0.2) is 13.6 Å². The van der Waals surface area contributed by atoms with Gasteiger partial charge in [0.2, 0.25) is 0 Å². The maximum atomic E-state index is 5.36. The molecule has 0 N–H and O–H groups in total. The van der Waals surface area contributed by atoms with E-state index in [1.165, 1.54) is 0 Å². The average molecular weight is 338 g/mol. The summed E-state index contributed by atoms with van der Waals surface area (Å²) in [4.78, 5) is 2.32. The number of hydrogen-bond acceptors (Lipinski definition) is 6. The molecular weight excluding hydrogens is 320 g/mol. The largest absolute Gasteiger partial charge is 0.468 e. The van der Waals surface area contributed by atoms with Crippen molar-refractivity contribution in [3.05, 3.63) is 48.5 Å². The van der Waals surface area contributed by atoms with Crippen molar-refractivity contribution in [3.63, 3.8) is 0 Å². The van der Waals surface area contributed by atoms with Crippen LogP contribution < -0.4 is 9.47 Å². The number of hydrogen-bond donors (Lipinski definition) is 0. The van der Waals surface area contributed by atoms with Gasteiger partial charge in [0.1, 0.15) is 11.5 Å². The van der Waals surface area contributed by atoms with Gasteiger partial charge in [-0.15, -0.1) is 0 Å². The third kappa shape index (κ3) is 5.81. The lowest BCUT2D eigenvalue weighted by Gasteiger charge is -2.07. The van der Waals surface area contributed by atoms with Crippen molar-refractivity contribution in [2.24, 2.45) is 0 Å². The van der Waals surface area contributed by atoms with E-state index in [-0.39, 0.29) is 13.6 Å². The minimum atomic E-state index is 0.263. The van der Waals surface area contributed by atoms with Crippen LogP contribution in [-0.2, 0) is 9.47 Å². The SMILES string of the molecule is COCOc1ccc(SSc2ccc(OCOC)cc2)cc1. The van der Waals surface area contributed by atoms with Crippen molar-refractivity contribution < 1.29 is 18.9 Å². The lowest BCUT2D eigenvalue weighted by atomic mass is 10.3. The predicted octanol–water partition coefficient (Wildman–Crippen LogP) is 4.45. The fraction of sp³-hybridized carbons (Fsp3) is 0.250. The first kappa shape index (κ1) is 17.0. The zero-order chi connectivity index (χ0) is 15.6. The molecule has 2 rings (SSSR count). The van der Waals surface area contributed by atoms with Crippen LogP contribution in [0.2, 0.25) is 0 Å². The van der Waals surface area contributed by atoms with Gasteiger partial charge >= 0.3 is 0 Å². The fourth-order valence-electron chi connectivity index (χ4n) is 1.53. The molecule has 0 spiro atoms. The zero-order valence-electron chi connectivity index (χ0n) is 12.5. The molecule has 0 radical (unpaired) electrons. The van der Waals surface area contributed by atoms with Crippen LogP contribution in [0.1, 0.15) is 0 Å². The quantitative estimate of drug-likeness (QED) is 0.497. The van der Waals surface area contributed by atoms with Crippen LogP contribution >= 0.6 is 21.6 Å². The van der Waals surface area contributed by atoms with Gasteiger partial charge in [-0.1, -0.05) is 21.6 Å². The van der Waals surface area contributed by atoms with Crippen molar-refractivity contribution >= 4 is 21.6 Å². The first-order chi connectivity index (χ1) is 10.8. The van der Waals surface area contributed by atoms with E-state index in [1.807, 2.05) is 48.5 Å². The summed E-state index contributed by atoms with van der Waals surface area (Å²) in [5, 5.41) is 0. The van der Waals surface area contributed by atoms with Gasteiger partial charge in [-0.05, 0) is 48.5 Å². The minimum Gasteiger partial charge on any atom is -0.468 e. The van der Waals surface area contributed by atoms with Crippen molar-refractivity contribution in [3.8, 4) is 11.5 Å². The van der Waals surface area contributed by atoms with E-state index in [0.29, 0.717) is 0 Å². The van der Waals surface area contributed by atoms with Crippen LogP contribution in [0, 0.1) is 0 Å². The Morgan fingerprint density at radius 1 is 0.636 bits per heavy atom. The van der Waals surface area contributed by atoms with E-state index in [2.05, 4.69) is 0 Å². The molecule has 0 heterocycles. The molecule has 0 aliphatic carbocycles. The Balaban J connectivity index is 1.81. The summed E-state index contributed by atoms with van der Waals surface area (Å²) >= 11 is 0. The molecule has 0 saturated heterocycles. The highest BCUT2D eigenvalue weighted by atomic mass is 33.1. The highest BCUT2D eigenvalue weighted by molar-refractivity contribution is 8.76. The maximum Gasteiger partial charge on any atom is 0.188 e. The highest BCUT2D eigenvalue weighted by Crippen LogP contribution is 2.38. The molecule has 0 atom stereocenters. The highest BCUT2D eigenvalue weighted by Gasteiger charge is 2.00. The van der Waals surface area contributed by atoms with Gasteiger partial charge in [-0.3, -0.25) is 0 Å². The summed E-state index contributed by atoms with van der Waals surface area (Å²) in [6.45, 7) is 0.525.